The van der Waals surface area contributed by atoms with Crippen molar-refractivity contribution < 1.29 is 8.91 Å². The van der Waals surface area contributed by atoms with Crippen LogP contribution in [0.5, 0.6) is 0 Å². The Hall–Kier alpha value is -2.93. The summed E-state index contributed by atoms with van der Waals surface area (Å²) in [5.41, 5.74) is 1.62. The molecule has 4 aromatic rings. The summed E-state index contributed by atoms with van der Waals surface area (Å²) >= 11 is 1.47. The van der Waals surface area contributed by atoms with Crippen molar-refractivity contribution in [2.45, 2.75) is 17.3 Å². The zero-order valence-electron chi connectivity index (χ0n) is 13.9. The van der Waals surface area contributed by atoms with Gasteiger partial charge in [-0.15, -0.1) is 0 Å². The third kappa shape index (κ3) is 3.39. The molecule has 0 N–H and O–H groups in total. The predicted octanol–water partition coefficient (Wildman–Crippen LogP) is 4.91. The van der Waals surface area contributed by atoms with Crippen molar-refractivity contribution in [2.24, 2.45) is 0 Å². The molecule has 0 amide bonds. The third-order valence-corrected chi connectivity index (χ3v) is 4.86. The molecule has 5 nitrogen and oxygen atoms in total. The van der Waals surface area contributed by atoms with Gasteiger partial charge in [0.2, 0.25) is 11.7 Å². The normalized spacial score (nSPS) is 12.2. The SMILES string of the molecule is CC(Sc1nccn1-c1cccc(F)c1)c1nc(-c2ccccc2)no1. The molecule has 4 rings (SSSR count). The van der Waals surface area contributed by atoms with E-state index in [2.05, 4.69) is 15.1 Å². The molecule has 2 aromatic carbocycles. The molecule has 2 heterocycles. The fourth-order valence-corrected chi connectivity index (χ4v) is 3.43. The van der Waals surface area contributed by atoms with E-state index < -0.39 is 0 Å². The number of rotatable bonds is 5. The van der Waals surface area contributed by atoms with Crippen LogP contribution in [0.3, 0.4) is 0 Å². The van der Waals surface area contributed by atoms with E-state index in [0.717, 1.165) is 10.7 Å². The second-order valence-corrected chi connectivity index (χ2v) is 6.95. The second-order valence-electron chi connectivity index (χ2n) is 5.64. The van der Waals surface area contributed by atoms with Crippen molar-refractivity contribution in [3.8, 4) is 17.1 Å². The van der Waals surface area contributed by atoms with Crippen LogP contribution >= 0.6 is 11.8 Å². The number of aromatic nitrogens is 4. The Kier molecular flexibility index (Phi) is 4.53. The van der Waals surface area contributed by atoms with E-state index in [0.29, 0.717) is 17.4 Å². The Morgan fingerprint density at radius 1 is 1.12 bits per heavy atom. The van der Waals surface area contributed by atoms with Crippen LogP contribution in [0.25, 0.3) is 17.1 Å². The molecule has 0 saturated carbocycles. The van der Waals surface area contributed by atoms with Crippen molar-refractivity contribution in [3.05, 3.63) is 78.7 Å². The first kappa shape index (κ1) is 16.5. The average Bonchev–Trinajstić information content (AvgIpc) is 3.32. The first-order valence-corrected chi connectivity index (χ1v) is 8.93. The summed E-state index contributed by atoms with van der Waals surface area (Å²) in [7, 11) is 0. The minimum atomic E-state index is -0.287. The first-order chi connectivity index (χ1) is 12.7. The molecule has 0 aliphatic carbocycles. The molecule has 0 aliphatic rings. The summed E-state index contributed by atoms with van der Waals surface area (Å²) in [5.74, 6) is 0.786. The van der Waals surface area contributed by atoms with Gasteiger partial charge in [0.15, 0.2) is 5.16 Å². The maximum absolute atomic E-state index is 13.5. The van der Waals surface area contributed by atoms with Gasteiger partial charge in [0.1, 0.15) is 5.82 Å². The Labute approximate surface area is 153 Å². The molecular formula is C19H15FN4OS. The lowest BCUT2D eigenvalue weighted by Gasteiger charge is -2.09. The van der Waals surface area contributed by atoms with Gasteiger partial charge in [-0.25, -0.2) is 9.37 Å². The monoisotopic (exact) mass is 366 g/mol. The van der Waals surface area contributed by atoms with E-state index in [9.17, 15) is 4.39 Å². The molecule has 0 fully saturated rings. The van der Waals surface area contributed by atoms with E-state index in [4.69, 9.17) is 4.52 Å². The molecule has 26 heavy (non-hydrogen) atoms. The molecule has 130 valence electrons. The zero-order chi connectivity index (χ0) is 17.9. The highest BCUT2D eigenvalue weighted by Gasteiger charge is 2.19. The van der Waals surface area contributed by atoms with E-state index in [1.165, 1.54) is 23.9 Å². The van der Waals surface area contributed by atoms with Crippen LogP contribution in [0.2, 0.25) is 0 Å². The van der Waals surface area contributed by atoms with Crippen LogP contribution in [-0.2, 0) is 0 Å². The van der Waals surface area contributed by atoms with Crippen molar-refractivity contribution in [1.29, 1.82) is 0 Å². The first-order valence-electron chi connectivity index (χ1n) is 8.05. The van der Waals surface area contributed by atoms with Gasteiger partial charge in [-0.3, -0.25) is 4.57 Å². The quantitative estimate of drug-likeness (QED) is 0.470. The van der Waals surface area contributed by atoms with Gasteiger partial charge in [0.05, 0.1) is 10.9 Å². The lowest BCUT2D eigenvalue weighted by Crippen LogP contribution is -1.98. The molecule has 0 spiro atoms. The minimum absolute atomic E-state index is 0.102. The van der Waals surface area contributed by atoms with Crippen LogP contribution in [0.1, 0.15) is 18.1 Å². The lowest BCUT2D eigenvalue weighted by molar-refractivity contribution is 0.380. The summed E-state index contributed by atoms with van der Waals surface area (Å²) in [6.45, 7) is 1.97. The van der Waals surface area contributed by atoms with Crippen molar-refractivity contribution in [2.75, 3.05) is 0 Å². The highest BCUT2D eigenvalue weighted by molar-refractivity contribution is 7.99. The number of hydrogen-bond acceptors (Lipinski definition) is 5. The van der Waals surface area contributed by atoms with Gasteiger partial charge in [0.25, 0.3) is 0 Å². The van der Waals surface area contributed by atoms with E-state index in [-0.39, 0.29) is 11.1 Å². The Morgan fingerprint density at radius 3 is 2.77 bits per heavy atom. The molecule has 7 heteroatoms. The summed E-state index contributed by atoms with van der Waals surface area (Å²) in [4.78, 5) is 8.85. The second kappa shape index (κ2) is 7.13. The largest absolute Gasteiger partial charge is 0.338 e. The van der Waals surface area contributed by atoms with Gasteiger partial charge in [-0.2, -0.15) is 4.98 Å². The highest BCUT2D eigenvalue weighted by Crippen LogP contribution is 2.34. The fourth-order valence-electron chi connectivity index (χ4n) is 2.51. The summed E-state index contributed by atoms with van der Waals surface area (Å²) in [6, 6.07) is 16.1. The highest BCUT2D eigenvalue weighted by atomic mass is 32.2. The van der Waals surface area contributed by atoms with Crippen molar-refractivity contribution in [1.82, 2.24) is 19.7 Å². The van der Waals surface area contributed by atoms with E-state index in [1.54, 1.807) is 18.5 Å². The minimum Gasteiger partial charge on any atom is -0.338 e. The van der Waals surface area contributed by atoms with Crippen LogP contribution in [0.15, 0.2) is 76.7 Å². The Bertz CT molecular complexity index is 1020. The van der Waals surface area contributed by atoms with Crippen LogP contribution in [0, 0.1) is 5.82 Å². The lowest BCUT2D eigenvalue weighted by atomic mass is 10.2. The number of halogens is 1. The Morgan fingerprint density at radius 2 is 1.96 bits per heavy atom. The maximum Gasteiger partial charge on any atom is 0.240 e. The predicted molar refractivity (Wildman–Crippen MR) is 97.5 cm³/mol. The fraction of sp³-hybridized carbons (Fsp3) is 0.105. The van der Waals surface area contributed by atoms with Gasteiger partial charge in [-0.1, -0.05) is 53.3 Å². The molecule has 0 aliphatic heterocycles. The van der Waals surface area contributed by atoms with Crippen molar-refractivity contribution in [3.63, 3.8) is 0 Å². The summed E-state index contributed by atoms with van der Waals surface area (Å²) in [5, 5.41) is 4.68. The summed E-state index contributed by atoms with van der Waals surface area (Å²) in [6.07, 6.45) is 3.48. The molecule has 0 saturated heterocycles. The molecular weight excluding hydrogens is 351 g/mol. The average molecular weight is 366 g/mol. The van der Waals surface area contributed by atoms with Gasteiger partial charge >= 0.3 is 0 Å². The molecule has 0 radical (unpaired) electrons. The number of imidazole rings is 1. The van der Waals surface area contributed by atoms with Gasteiger partial charge in [0, 0.05) is 18.0 Å². The number of thioether (sulfide) groups is 1. The zero-order valence-corrected chi connectivity index (χ0v) is 14.7. The third-order valence-electron chi connectivity index (χ3n) is 3.80. The standard InChI is InChI=1S/C19H15FN4OS/c1-13(18-22-17(23-25-18)14-6-3-2-4-7-14)26-19-21-10-11-24(19)16-9-5-8-15(20)12-16/h2-13H,1H3. The van der Waals surface area contributed by atoms with Gasteiger partial charge < -0.3 is 4.52 Å². The van der Waals surface area contributed by atoms with Crippen LogP contribution < -0.4 is 0 Å². The number of hydrogen-bond donors (Lipinski definition) is 0. The van der Waals surface area contributed by atoms with Crippen LogP contribution in [-0.4, -0.2) is 19.7 Å². The topological polar surface area (TPSA) is 56.7 Å². The molecule has 1 unspecified atom stereocenters. The van der Waals surface area contributed by atoms with Crippen molar-refractivity contribution >= 4 is 11.8 Å². The van der Waals surface area contributed by atoms with E-state index >= 15 is 0 Å². The summed E-state index contributed by atoms with van der Waals surface area (Å²) < 4.78 is 20.8. The molecule has 1 atom stereocenters. The van der Waals surface area contributed by atoms with E-state index in [1.807, 2.05) is 47.9 Å². The molecule has 0 bridgehead atoms. The molecule has 2 aromatic heterocycles. The number of benzene rings is 2. The van der Waals surface area contributed by atoms with Crippen LogP contribution in [0.4, 0.5) is 4.39 Å². The number of nitrogens with zero attached hydrogens (tertiary/aromatic N) is 4. The van der Waals surface area contributed by atoms with Gasteiger partial charge in [-0.05, 0) is 25.1 Å². The smallest absolute Gasteiger partial charge is 0.240 e. The maximum atomic E-state index is 13.5. The Balaban J connectivity index is 1.56.